The van der Waals surface area contributed by atoms with Gasteiger partial charge in [-0.3, -0.25) is 5.32 Å². The van der Waals surface area contributed by atoms with Crippen LogP contribution in [-0.4, -0.2) is 32.4 Å². The molecule has 132 valence electrons. The lowest BCUT2D eigenvalue weighted by Gasteiger charge is -2.20. The van der Waals surface area contributed by atoms with Gasteiger partial charge in [-0.05, 0) is 46.2 Å². The van der Waals surface area contributed by atoms with E-state index < -0.39 is 11.7 Å². The number of carbonyl (C=O) groups is 1. The van der Waals surface area contributed by atoms with Crippen molar-refractivity contribution in [2.45, 2.75) is 40.2 Å². The molecule has 0 fully saturated rings. The van der Waals surface area contributed by atoms with Crippen molar-refractivity contribution in [1.82, 2.24) is 15.0 Å². The van der Waals surface area contributed by atoms with E-state index in [1.165, 1.54) is 6.33 Å². The van der Waals surface area contributed by atoms with Crippen molar-refractivity contribution in [2.24, 2.45) is 0 Å². The second kappa shape index (κ2) is 7.25. The van der Waals surface area contributed by atoms with Crippen LogP contribution in [0, 0.1) is 12.3 Å². The fraction of sp³-hybridized carbons (Fsp3) is 0.353. The Morgan fingerprint density at radius 2 is 1.84 bits per heavy atom. The molecule has 8 nitrogen and oxygen atoms in total. The fourth-order valence-electron chi connectivity index (χ4n) is 1.99. The molecule has 0 saturated carbocycles. The van der Waals surface area contributed by atoms with E-state index in [0.717, 1.165) is 5.56 Å². The number of nitrogens with zero attached hydrogens (tertiary/aromatic N) is 3. The van der Waals surface area contributed by atoms with Crippen molar-refractivity contribution >= 4 is 29.3 Å². The lowest BCUT2D eigenvalue weighted by molar-refractivity contribution is 0.0635. The fourth-order valence-corrected chi connectivity index (χ4v) is 1.99. The molecule has 0 atom stereocenters. The molecule has 0 spiro atoms. The molecule has 0 radical (unpaired) electrons. The third-order valence-electron chi connectivity index (χ3n) is 3.00. The lowest BCUT2D eigenvalue weighted by atomic mass is 10.2. The summed E-state index contributed by atoms with van der Waals surface area (Å²) in [5.41, 5.74) is 0.963. The zero-order valence-electron chi connectivity index (χ0n) is 15.0. The number of pyridine rings is 1. The van der Waals surface area contributed by atoms with Crippen molar-refractivity contribution in [1.29, 1.82) is 5.41 Å². The minimum Gasteiger partial charge on any atom is -0.444 e. The zero-order chi connectivity index (χ0) is 18.6. The van der Waals surface area contributed by atoms with Gasteiger partial charge in [0.25, 0.3) is 0 Å². The van der Waals surface area contributed by atoms with Crippen LogP contribution in [0.2, 0.25) is 0 Å². The molecule has 0 bridgehead atoms. The summed E-state index contributed by atoms with van der Waals surface area (Å²) < 4.78 is 5.23. The van der Waals surface area contributed by atoms with E-state index in [-0.39, 0.29) is 11.5 Å². The lowest BCUT2D eigenvalue weighted by Crippen LogP contribution is -2.28. The predicted octanol–water partition coefficient (Wildman–Crippen LogP) is 3.66. The molecule has 2 aromatic heterocycles. The van der Waals surface area contributed by atoms with E-state index in [1.807, 2.05) is 19.1 Å². The Hall–Kier alpha value is -3.03. The molecule has 0 aliphatic heterocycles. The van der Waals surface area contributed by atoms with Gasteiger partial charge in [-0.15, -0.1) is 0 Å². The van der Waals surface area contributed by atoms with Gasteiger partial charge >= 0.3 is 6.09 Å². The normalized spacial score (nSPS) is 10.9. The van der Waals surface area contributed by atoms with Gasteiger partial charge in [0.15, 0.2) is 0 Å². The van der Waals surface area contributed by atoms with Gasteiger partial charge in [-0.25, -0.2) is 19.7 Å². The second-order valence-corrected chi connectivity index (χ2v) is 6.54. The van der Waals surface area contributed by atoms with Crippen LogP contribution in [0.25, 0.3) is 0 Å². The quantitative estimate of drug-likeness (QED) is 0.731. The third kappa shape index (κ3) is 5.23. The monoisotopic (exact) mass is 342 g/mol. The molecule has 0 saturated heterocycles. The van der Waals surface area contributed by atoms with Crippen LogP contribution in [-0.2, 0) is 4.74 Å². The van der Waals surface area contributed by atoms with E-state index in [9.17, 15) is 4.79 Å². The highest BCUT2D eigenvalue weighted by Gasteiger charge is 2.20. The Kier molecular flexibility index (Phi) is 5.31. The van der Waals surface area contributed by atoms with Gasteiger partial charge in [0.1, 0.15) is 29.4 Å². The van der Waals surface area contributed by atoms with E-state index in [1.54, 1.807) is 33.9 Å². The van der Waals surface area contributed by atoms with Crippen LogP contribution in [0.3, 0.4) is 0 Å². The number of rotatable bonds is 4. The van der Waals surface area contributed by atoms with Crippen LogP contribution >= 0.6 is 0 Å². The Morgan fingerprint density at radius 3 is 2.40 bits per heavy atom. The Bertz CT molecular complexity index is 781. The van der Waals surface area contributed by atoms with Crippen LogP contribution < -0.4 is 10.6 Å². The minimum atomic E-state index is -0.645. The molecule has 0 aliphatic rings. The van der Waals surface area contributed by atoms with E-state index >= 15 is 0 Å². The molecule has 0 unspecified atom stereocenters. The first-order chi connectivity index (χ1) is 11.7. The summed E-state index contributed by atoms with van der Waals surface area (Å²) in [6.07, 6.45) is 2.38. The number of nitrogens with one attached hydrogen (secondary N) is 3. The maximum Gasteiger partial charge on any atom is 0.413 e. The number of anilines is 3. The topological polar surface area (TPSA) is 113 Å². The van der Waals surface area contributed by atoms with Crippen LogP contribution in [0.1, 0.15) is 38.8 Å². The first-order valence-corrected chi connectivity index (χ1v) is 7.76. The molecule has 3 N–H and O–H groups in total. The number of hydrogen-bond donors (Lipinski definition) is 3. The predicted molar refractivity (Wildman–Crippen MR) is 96.6 cm³/mol. The maximum atomic E-state index is 12.0. The average Bonchev–Trinajstić information content (AvgIpc) is 2.47. The number of ether oxygens (including phenoxy) is 1. The first kappa shape index (κ1) is 18.3. The molecule has 25 heavy (non-hydrogen) atoms. The molecule has 8 heteroatoms. The van der Waals surface area contributed by atoms with Crippen LogP contribution in [0.15, 0.2) is 24.7 Å². The molecule has 2 aromatic rings. The second-order valence-electron chi connectivity index (χ2n) is 6.54. The number of aryl methyl sites for hydroxylation is 1. The van der Waals surface area contributed by atoms with Gasteiger partial charge < -0.3 is 15.5 Å². The van der Waals surface area contributed by atoms with Crippen molar-refractivity contribution in [3.8, 4) is 0 Å². The number of carbonyl (C=O) groups excluding carboxylic acids is 1. The van der Waals surface area contributed by atoms with Gasteiger partial charge in [-0.2, -0.15) is 0 Å². The average molecular weight is 342 g/mol. The van der Waals surface area contributed by atoms with Crippen LogP contribution in [0.5, 0.6) is 0 Å². The summed E-state index contributed by atoms with van der Waals surface area (Å²) >= 11 is 0. The summed E-state index contributed by atoms with van der Waals surface area (Å²) in [6, 6.07) is 3.72. The Morgan fingerprint density at radius 1 is 1.16 bits per heavy atom. The Balaban J connectivity index is 2.31. The summed E-state index contributed by atoms with van der Waals surface area (Å²) in [4.78, 5) is 24.5. The van der Waals surface area contributed by atoms with Crippen molar-refractivity contribution in [2.75, 3.05) is 10.6 Å². The molecule has 0 aromatic carbocycles. The highest BCUT2D eigenvalue weighted by molar-refractivity contribution is 6.07. The minimum absolute atomic E-state index is 0.196. The molecule has 1 amide bonds. The van der Waals surface area contributed by atoms with Gasteiger partial charge in [0, 0.05) is 11.9 Å². The Labute approximate surface area is 146 Å². The van der Waals surface area contributed by atoms with Gasteiger partial charge in [0.05, 0.1) is 5.56 Å². The SMILES string of the molecule is CC(=N)c1c(NC(=O)OC(C)(C)C)ncnc1Nc1ccc(C)cn1. The standard InChI is InChI=1S/C17H22N6O2/c1-10-6-7-12(19-8-10)22-14-13(11(2)18)15(21-9-20-14)23-16(24)25-17(3,4)5/h6-9,18H,1-5H3,(H2,19,20,21,22,23,24). The highest BCUT2D eigenvalue weighted by atomic mass is 16.6. The molecule has 2 rings (SSSR count). The molecular formula is C17H22N6O2. The van der Waals surface area contributed by atoms with Crippen molar-refractivity contribution in [3.05, 3.63) is 35.8 Å². The maximum absolute atomic E-state index is 12.0. The van der Waals surface area contributed by atoms with Crippen molar-refractivity contribution in [3.63, 3.8) is 0 Å². The number of hydrogen-bond acceptors (Lipinski definition) is 7. The van der Waals surface area contributed by atoms with E-state index in [4.69, 9.17) is 10.1 Å². The third-order valence-corrected chi connectivity index (χ3v) is 3.00. The molecular weight excluding hydrogens is 320 g/mol. The van der Waals surface area contributed by atoms with Crippen molar-refractivity contribution < 1.29 is 9.53 Å². The molecule has 0 aliphatic carbocycles. The number of aromatic nitrogens is 3. The van der Waals surface area contributed by atoms with E-state index in [2.05, 4.69) is 25.6 Å². The summed E-state index contributed by atoms with van der Waals surface area (Å²) in [5.74, 6) is 1.16. The number of amides is 1. The first-order valence-electron chi connectivity index (χ1n) is 7.76. The largest absolute Gasteiger partial charge is 0.444 e. The zero-order valence-corrected chi connectivity index (χ0v) is 15.0. The van der Waals surface area contributed by atoms with Crippen LogP contribution in [0.4, 0.5) is 22.2 Å². The summed E-state index contributed by atoms with van der Waals surface area (Å²) in [7, 11) is 0. The summed E-state index contributed by atoms with van der Waals surface area (Å²) in [5, 5.41) is 13.6. The molecule has 2 heterocycles. The van der Waals surface area contributed by atoms with Gasteiger partial charge in [-0.1, -0.05) is 6.07 Å². The highest BCUT2D eigenvalue weighted by Crippen LogP contribution is 2.24. The van der Waals surface area contributed by atoms with Gasteiger partial charge in [0.2, 0.25) is 0 Å². The smallest absolute Gasteiger partial charge is 0.413 e. The van der Waals surface area contributed by atoms with E-state index in [0.29, 0.717) is 17.2 Å². The summed E-state index contributed by atoms with van der Waals surface area (Å²) in [6.45, 7) is 8.84.